The van der Waals surface area contributed by atoms with Crippen LogP contribution in [0.4, 0.5) is 10.5 Å². The molecule has 1 heterocycles. The molecule has 0 bridgehead atoms. The Morgan fingerprint density at radius 2 is 1.81 bits per heavy atom. The number of carboxylic acids is 1. The highest BCUT2D eigenvalue weighted by Gasteiger charge is 2.58. The Hall–Kier alpha value is -3.10. The van der Waals surface area contributed by atoms with Crippen molar-refractivity contribution >= 4 is 31.9 Å². The van der Waals surface area contributed by atoms with Gasteiger partial charge in [0.25, 0.3) is 0 Å². The Labute approximate surface area is 221 Å². The fourth-order valence-electron chi connectivity index (χ4n) is 4.78. The van der Waals surface area contributed by atoms with Crippen molar-refractivity contribution in [2.45, 2.75) is 50.2 Å². The van der Waals surface area contributed by atoms with Gasteiger partial charge in [0.2, 0.25) is 0 Å². The molecule has 0 unspecified atom stereocenters. The molecular weight excluding hydrogens is 484 g/mol. The molecule has 0 spiro atoms. The lowest BCUT2D eigenvalue weighted by atomic mass is 9.85. The van der Waals surface area contributed by atoms with E-state index in [0.717, 1.165) is 34.0 Å². The maximum atomic E-state index is 13.1. The molecule has 1 aliphatic rings. The van der Waals surface area contributed by atoms with Crippen molar-refractivity contribution in [2.24, 2.45) is 0 Å². The van der Waals surface area contributed by atoms with Crippen LogP contribution in [0, 0.1) is 0 Å². The topological polar surface area (TPSA) is 79.3 Å². The summed E-state index contributed by atoms with van der Waals surface area (Å²) in [6.07, 6.45) is 1.34. The largest absolute Gasteiger partial charge is 0.480 e. The summed E-state index contributed by atoms with van der Waals surface area (Å²) in [5, 5.41) is 10.1. The number of carboxylic acid groups (broad SMARTS) is 1. The van der Waals surface area contributed by atoms with Crippen molar-refractivity contribution in [3.63, 3.8) is 0 Å². The average Bonchev–Trinajstić information content (AvgIpc) is 3.18. The molecule has 8 heteroatoms. The number of ether oxygens (including phenoxy) is 2. The van der Waals surface area contributed by atoms with Crippen LogP contribution in [0.25, 0.3) is 17.2 Å². The molecule has 0 radical (unpaired) electrons. The quantitative estimate of drug-likeness (QED) is 0.410. The fraction of sp³-hybridized carbons (Fsp3) is 0.448. The molecule has 2 aromatic carbocycles. The standard InChI is InChI=1S/C29H40N2O5Si/c1-9-21-18-24(30(3)4)14-15-25(21)22-10-12-23(13-11-22)29(35-5)19-28(2,26(32)33)31(20-29)27(34)36-16-17-37(6,7)8/h9-15,18H,1,16-17,19-20H2,2-8H3,(H,32,33)/t28-,29-/m0/s1. The Morgan fingerprint density at radius 3 is 2.32 bits per heavy atom. The second-order valence-electron chi connectivity index (χ2n) is 11.4. The molecule has 0 aliphatic carbocycles. The van der Waals surface area contributed by atoms with E-state index in [4.69, 9.17) is 9.47 Å². The van der Waals surface area contributed by atoms with Gasteiger partial charge >= 0.3 is 12.1 Å². The molecule has 3 rings (SSSR count). The third-order valence-corrected chi connectivity index (χ3v) is 8.99. The van der Waals surface area contributed by atoms with Gasteiger partial charge in [0.15, 0.2) is 0 Å². The first kappa shape index (κ1) is 28.5. The summed E-state index contributed by atoms with van der Waals surface area (Å²) in [6.45, 7) is 12.5. The molecule has 1 amide bonds. The number of benzene rings is 2. The van der Waals surface area contributed by atoms with Crippen molar-refractivity contribution in [1.29, 1.82) is 0 Å². The van der Waals surface area contributed by atoms with Gasteiger partial charge < -0.3 is 19.5 Å². The van der Waals surface area contributed by atoms with Crippen LogP contribution < -0.4 is 4.90 Å². The summed E-state index contributed by atoms with van der Waals surface area (Å²) >= 11 is 0. The Morgan fingerprint density at radius 1 is 1.16 bits per heavy atom. The highest BCUT2D eigenvalue weighted by molar-refractivity contribution is 6.76. The van der Waals surface area contributed by atoms with E-state index >= 15 is 0 Å². The van der Waals surface area contributed by atoms with Crippen molar-refractivity contribution in [3.05, 3.63) is 60.2 Å². The summed E-state index contributed by atoms with van der Waals surface area (Å²) in [7, 11) is 4.16. The zero-order valence-electron chi connectivity index (χ0n) is 23.1. The van der Waals surface area contributed by atoms with Gasteiger partial charge in [-0.2, -0.15) is 0 Å². The van der Waals surface area contributed by atoms with Crippen LogP contribution in [0.3, 0.4) is 0 Å². The molecule has 200 valence electrons. The van der Waals surface area contributed by atoms with E-state index < -0.39 is 31.3 Å². The van der Waals surface area contributed by atoms with Crippen LogP contribution >= 0.6 is 0 Å². The Balaban J connectivity index is 1.91. The number of hydrogen-bond acceptors (Lipinski definition) is 5. The molecule has 2 aromatic rings. The van der Waals surface area contributed by atoms with Crippen molar-refractivity contribution in [2.75, 3.05) is 39.3 Å². The van der Waals surface area contributed by atoms with Crippen molar-refractivity contribution in [3.8, 4) is 11.1 Å². The van der Waals surface area contributed by atoms with Gasteiger partial charge in [-0.3, -0.25) is 4.90 Å². The highest BCUT2D eigenvalue weighted by atomic mass is 28.3. The number of carbonyl (C=O) groups excluding carboxylic acids is 1. The lowest BCUT2D eigenvalue weighted by molar-refractivity contribution is -0.148. The maximum absolute atomic E-state index is 13.1. The van der Waals surface area contributed by atoms with E-state index in [1.54, 1.807) is 14.0 Å². The van der Waals surface area contributed by atoms with Gasteiger partial charge in [0.1, 0.15) is 11.1 Å². The van der Waals surface area contributed by atoms with Crippen LogP contribution in [-0.2, 0) is 19.9 Å². The van der Waals surface area contributed by atoms with E-state index in [9.17, 15) is 14.7 Å². The number of rotatable bonds is 9. The predicted octanol–water partition coefficient (Wildman–Crippen LogP) is 5.93. The van der Waals surface area contributed by atoms with Crippen LogP contribution in [0.15, 0.2) is 49.0 Å². The number of nitrogens with zero attached hydrogens (tertiary/aromatic N) is 2. The molecule has 7 nitrogen and oxygen atoms in total. The second-order valence-corrected chi connectivity index (χ2v) is 17.0. The third-order valence-electron chi connectivity index (χ3n) is 7.28. The molecule has 2 atom stereocenters. The monoisotopic (exact) mass is 524 g/mol. The van der Waals surface area contributed by atoms with Gasteiger partial charge in [0, 0.05) is 41.4 Å². The summed E-state index contributed by atoms with van der Waals surface area (Å²) in [5.74, 6) is -1.08. The molecule has 1 fully saturated rings. The molecule has 1 saturated heterocycles. The van der Waals surface area contributed by atoms with Crippen molar-refractivity contribution < 1.29 is 24.2 Å². The summed E-state index contributed by atoms with van der Waals surface area (Å²) in [6, 6.07) is 14.9. The summed E-state index contributed by atoms with van der Waals surface area (Å²) in [5.41, 5.74) is 2.55. The maximum Gasteiger partial charge on any atom is 0.410 e. The first-order valence-corrected chi connectivity index (χ1v) is 16.2. The van der Waals surface area contributed by atoms with Crippen LogP contribution in [0.5, 0.6) is 0 Å². The van der Waals surface area contributed by atoms with Crippen LogP contribution in [0.2, 0.25) is 25.7 Å². The highest BCUT2D eigenvalue weighted by Crippen LogP contribution is 2.45. The number of amides is 1. The molecule has 0 aromatic heterocycles. The van der Waals surface area contributed by atoms with E-state index in [2.05, 4.69) is 44.4 Å². The SMILES string of the molecule is C=Cc1cc(N(C)C)ccc1-c1ccc([C@@]2(OC)CN(C(=O)OCC[Si](C)(C)C)[C@](C)(C(=O)O)C2)cc1. The lowest BCUT2D eigenvalue weighted by Crippen LogP contribution is -2.51. The number of hydrogen-bond donors (Lipinski definition) is 1. The van der Waals surface area contributed by atoms with E-state index in [1.165, 1.54) is 4.90 Å². The number of carbonyl (C=O) groups is 2. The average molecular weight is 525 g/mol. The predicted molar refractivity (Wildman–Crippen MR) is 152 cm³/mol. The first-order valence-electron chi connectivity index (χ1n) is 12.5. The molecule has 37 heavy (non-hydrogen) atoms. The minimum Gasteiger partial charge on any atom is -0.480 e. The Kier molecular flexibility index (Phi) is 8.24. The van der Waals surface area contributed by atoms with Crippen LogP contribution in [-0.4, -0.2) is 70.0 Å². The zero-order valence-corrected chi connectivity index (χ0v) is 24.1. The normalized spacial score (nSPS) is 21.5. The summed E-state index contributed by atoms with van der Waals surface area (Å²) < 4.78 is 11.5. The number of aliphatic carboxylic acids is 1. The van der Waals surface area contributed by atoms with Crippen molar-refractivity contribution in [1.82, 2.24) is 4.90 Å². The van der Waals surface area contributed by atoms with Gasteiger partial charge in [0.05, 0.1) is 13.2 Å². The smallest absolute Gasteiger partial charge is 0.410 e. The Bertz CT molecular complexity index is 1160. The molecule has 1 N–H and O–H groups in total. The lowest BCUT2D eigenvalue weighted by Gasteiger charge is -2.30. The minimum absolute atomic E-state index is 0.0901. The van der Waals surface area contributed by atoms with E-state index in [-0.39, 0.29) is 19.6 Å². The van der Waals surface area contributed by atoms with E-state index in [0.29, 0.717) is 0 Å². The van der Waals surface area contributed by atoms with Gasteiger partial charge in [-0.1, -0.05) is 62.6 Å². The molecule has 1 aliphatic heterocycles. The van der Waals surface area contributed by atoms with Gasteiger partial charge in [-0.05, 0) is 47.4 Å². The number of methoxy groups -OCH3 is 1. The molecular formula is C29H40N2O5Si. The summed E-state index contributed by atoms with van der Waals surface area (Å²) in [4.78, 5) is 28.8. The van der Waals surface area contributed by atoms with Gasteiger partial charge in [-0.15, -0.1) is 0 Å². The third kappa shape index (κ3) is 5.91. The first-order chi connectivity index (χ1) is 17.3. The number of anilines is 1. The fourth-order valence-corrected chi connectivity index (χ4v) is 5.49. The van der Waals surface area contributed by atoms with E-state index in [1.807, 2.05) is 49.3 Å². The zero-order chi connectivity index (χ0) is 27.6. The van der Waals surface area contributed by atoms with Gasteiger partial charge in [-0.25, -0.2) is 9.59 Å². The molecule has 0 saturated carbocycles. The minimum atomic E-state index is -1.46. The number of likely N-dealkylation sites (tertiary alicyclic amines) is 1. The second kappa shape index (κ2) is 10.7. The van der Waals surface area contributed by atoms with Crippen LogP contribution in [0.1, 0.15) is 24.5 Å².